The average Bonchev–Trinajstić information content (AvgIpc) is 2.90. The first-order valence-corrected chi connectivity index (χ1v) is 12.9. The summed E-state index contributed by atoms with van der Waals surface area (Å²) >= 11 is 0. The lowest BCUT2D eigenvalue weighted by Gasteiger charge is -2.17. The number of esters is 1. The summed E-state index contributed by atoms with van der Waals surface area (Å²) < 4.78 is 63.4. The van der Waals surface area contributed by atoms with Crippen molar-refractivity contribution in [3.63, 3.8) is 0 Å². The van der Waals surface area contributed by atoms with Crippen LogP contribution in [0.25, 0.3) is 6.08 Å². The van der Waals surface area contributed by atoms with E-state index >= 15 is 0 Å². The van der Waals surface area contributed by atoms with Gasteiger partial charge in [-0.05, 0) is 105 Å². The maximum atomic E-state index is 13.5. The molecule has 0 aliphatic carbocycles. The summed E-state index contributed by atoms with van der Waals surface area (Å²) in [5.41, 5.74) is 2.45. The summed E-state index contributed by atoms with van der Waals surface area (Å²) in [6.07, 6.45) is -1.50. The zero-order valence-electron chi connectivity index (χ0n) is 23.0. The number of ether oxygens (including phenoxy) is 4. The zero-order chi connectivity index (χ0) is 29.6. The Morgan fingerprint density at radius 2 is 1.46 bits per heavy atom. The quantitative estimate of drug-likeness (QED) is 0.150. The second-order valence-corrected chi connectivity index (χ2v) is 9.32. The SMILES string of the molecule is CCOC(=O)/C=C/c1ccc(Oc2cc(C)cc(Oc3ccc(C(F)(F)F)cc3Oc3ccccc3C)c2)cc1C. The molecule has 5 nitrogen and oxygen atoms in total. The van der Waals surface area contributed by atoms with Gasteiger partial charge < -0.3 is 18.9 Å². The Hall–Kier alpha value is -4.72. The summed E-state index contributed by atoms with van der Waals surface area (Å²) in [6.45, 7) is 7.59. The summed E-state index contributed by atoms with van der Waals surface area (Å²) in [6, 6.07) is 20.8. The molecule has 0 N–H and O–H groups in total. The first-order chi connectivity index (χ1) is 19.5. The highest BCUT2D eigenvalue weighted by molar-refractivity contribution is 5.87. The molecule has 212 valence electrons. The number of hydrogen-bond acceptors (Lipinski definition) is 5. The van der Waals surface area contributed by atoms with Gasteiger partial charge >= 0.3 is 12.1 Å². The van der Waals surface area contributed by atoms with Crippen molar-refractivity contribution in [2.45, 2.75) is 33.9 Å². The monoisotopic (exact) mass is 562 g/mol. The van der Waals surface area contributed by atoms with E-state index in [1.54, 1.807) is 56.3 Å². The number of carbonyl (C=O) groups excluding carboxylic acids is 1. The summed E-state index contributed by atoms with van der Waals surface area (Å²) in [5, 5.41) is 0. The van der Waals surface area contributed by atoms with Crippen molar-refractivity contribution >= 4 is 12.0 Å². The van der Waals surface area contributed by atoms with Gasteiger partial charge in [-0.3, -0.25) is 0 Å². The van der Waals surface area contributed by atoms with Crippen LogP contribution in [0.2, 0.25) is 0 Å². The summed E-state index contributed by atoms with van der Waals surface area (Å²) in [5.74, 6) is 1.44. The van der Waals surface area contributed by atoms with Crippen LogP contribution in [0.4, 0.5) is 13.2 Å². The van der Waals surface area contributed by atoms with E-state index in [0.717, 1.165) is 34.4 Å². The minimum Gasteiger partial charge on any atom is -0.463 e. The number of halogens is 3. The van der Waals surface area contributed by atoms with E-state index in [-0.39, 0.29) is 11.5 Å². The summed E-state index contributed by atoms with van der Waals surface area (Å²) in [7, 11) is 0. The summed E-state index contributed by atoms with van der Waals surface area (Å²) in [4.78, 5) is 11.6. The maximum Gasteiger partial charge on any atom is 0.416 e. The van der Waals surface area contributed by atoms with Crippen molar-refractivity contribution in [2.24, 2.45) is 0 Å². The Morgan fingerprint density at radius 3 is 2.15 bits per heavy atom. The van der Waals surface area contributed by atoms with E-state index in [1.807, 2.05) is 38.1 Å². The molecular formula is C33H29F3O5. The number of carbonyl (C=O) groups is 1. The number of hydrogen-bond donors (Lipinski definition) is 0. The molecule has 0 saturated heterocycles. The second kappa shape index (κ2) is 12.6. The number of alkyl halides is 3. The van der Waals surface area contributed by atoms with Crippen LogP contribution < -0.4 is 14.2 Å². The third-order valence-electron chi connectivity index (χ3n) is 6.00. The molecule has 0 unspecified atom stereocenters. The van der Waals surface area contributed by atoms with Crippen LogP contribution in [-0.4, -0.2) is 12.6 Å². The van der Waals surface area contributed by atoms with Gasteiger partial charge in [-0.15, -0.1) is 0 Å². The maximum absolute atomic E-state index is 13.5. The van der Waals surface area contributed by atoms with Crippen LogP contribution in [0.3, 0.4) is 0 Å². The fourth-order valence-electron chi connectivity index (χ4n) is 3.98. The van der Waals surface area contributed by atoms with Gasteiger partial charge in [-0.25, -0.2) is 4.79 Å². The van der Waals surface area contributed by atoms with Crippen molar-refractivity contribution < 1.29 is 36.9 Å². The molecule has 0 aromatic heterocycles. The smallest absolute Gasteiger partial charge is 0.416 e. The highest BCUT2D eigenvalue weighted by atomic mass is 19.4. The molecule has 0 saturated carbocycles. The lowest BCUT2D eigenvalue weighted by atomic mass is 10.1. The first kappa shape index (κ1) is 29.3. The molecule has 4 aromatic carbocycles. The van der Waals surface area contributed by atoms with E-state index in [0.29, 0.717) is 29.6 Å². The predicted octanol–water partition coefficient (Wildman–Crippen LogP) is 9.58. The van der Waals surface area contributed by atoms with E-state index in [9.17, 15) is 18.0 Å². The van der Waals surface area contributed by atoms with Gasteiger partial charge in [0.15, 0.2) is 11.5 Å². The van der Waals surface area contributed by atoms with Crippen LogP contribution in [0.1, 0.15) is 34.7 Å². The molecule has 0 atom stereocenters. The van der Waals surface area contributed by atoms with Crippen LogP contribution in [-0.2, 0) is 15.7 Å². The predicted molar refractivity (Wildman–Crippen MR) is 151 cm³/mol. The lowest BCUT2D eigenvalue weighted by Crippen LogP contribution is -2.05. The van der Waals surface area contributed by atoms with Gasteiger partial charge in [0.25, 0.3) is 0 Å². The molecule has 0 bridgehead atoms. The topological polar surface area (TPSA) is 54.0 Å². The third-order valence-corrected chi connectivity index (χ3v) is 6.00. The van der Waals surface area contributed by atoms with Crippen LogP contribution in [0, 0.1) is 20.8 Å². The van der Waals surface area contributed by atoms with Crippen molar-refractivity contribution in [3.8, 4) is 34.5 Å². The highest BCUT2D eigenvalue weighted by Gasteiger charge is 2.32. The average molecular weight is 563 g/mol. The fourth-order valence-corrected chi connectivity index (χ4v) is 3.98. The van der Waals surface area contributed by atoms with Gasteiger partial charge in [-0.2, -0.15) is 13.2 Å². The largest absolute Gasteiger partial charge is 0.463 e. The van der Waals surface area contributed by atoms with Crippen LogP contribution in [0.15, 0.2) is 84.9 Å². The van der Waals surface area contributed by atoms with E-state index in [4.69, 9.17) is 18.9 Å². The van der Waals surface area contributed by atoms with Crippen molar-refractivity contribution in [1.29, 1.82) is 0 Å². The van der Waals surface area contributed by atoms with E-state index in [1.165, 1.54) is 12.1 Å². The Kier molecular flexibility index (Phi) is 9.02. The molecule has 4 aromatic rings. The van der Waals surface area contributed by atoms with Crippen molar-refractivity contribution in [2.75, 3.05) is 6.61 Å². The van der Waals surface area contributed by atoms with Crippen LogP contribution in [0.5, 0.6) is 34.5 Å². The number of aryl methyl sites for hydroxylation is 3. The molecule has 0 radical (unpaired) electrons. The van der Waals surface area contributed by atoms with Gasteiger partial charge in [-0.1, -0.05) is 24.3 Å². The number of benzene rings is 4. The Bertz CT molecular complexity index is 1570. The van der Waals surface area contributed by atoms with Crippen molar-refractivity contribution in [3.05, 3.63) is 113 Å². The molecule has 0 amide bonds. The third kappa shape index (κ3) is 7.91. The molecule has 8 heteroatoms. The molecule has 4 rings (SSSR count). The van der Waals surface area contributed by atoms with Gasteiger partial charge in [0.05, 0.1) is 12.2 Å². The molecular weight excluding hydrogens is 533 g/mol. The first-order valence-electron chi connectivity index (χ1n) is 12.9. The molecule has 41 heavy (non-hydrogen) atoms. The minimum atomic E-state index is -4.55. The molecule has 0 aliphatic rings. The molecule has 0 heterocycles. The standard InChI is InChI=1S/C33H29F3O5/c1-5-38-32(37)15-11-24-10-13-26(18-23(24)4)39-27-16-21(2)17-28(20-27)40-30-14-12-25(33(34,35)36)19-31(30)41-29-9-7-6-8-22(29)3/h6-20H,5H2,1-4H3/b15-11+. The second-order valence-electron chi connectivity index (χ2n) is 9.32. The Balaban J connectivity index is 1.59. The zero-order valence-corrected chi connectivity index (χ0v) is 23.0. The minimum absolute atomic E-state index is 0.0693. The number of para-hydroxylation sites is 1. The Morgan fingerprint density at radius 1 is 0.732 bits per heavy atom. The van der Waals surface area contributed by atoms with E-state index < -0.39 is 17.7 Å². The van der Waals surface area contributed by atoms with Crippen LogP contribution >= 0.6 is 0 Å². The number of rotatable bonds is 9. The Labute approximate surface area is 236 Å². The van der Waals surface area contributed by atoms with Gasteiger partial charge in [0.2, 0.25) is 0 Å². The molecule has 0 fully saturated rings. The highest BCUT2D eigenvalue weighted by Crippen LogP contribution is 2.41. The van der Waals surface area contributed by atoms with Gasteiger partial charge in [0, 0.05) is 12.1 Å². The lowest BCUT2D eigenvalue weighted by molar-refractivity contribution is -0.138. The molecule has 0 aliphatic heterocycles. The normalized spacial score (nSPS) is 11.4. The van der Waals surface area contributed by atoms with Crippen molar-refractivity contribution in [1.82, 2.24) is 0 Å². The molecule has 0 spiro atoms. The van der Waals surface area contributed by atoms with E-state index in [2.05, 4.69) is 0 Å². The fraction of sp³-hybridized carbons (Fsp3) is 0.182. The van der Waals surface area contributed by atoms with Gasteiger partial charge in [0.1, 0.15) is 23.0 Å².